The van der Waals surface area contributed by atoms with E-state index in [0.29, 0.717) is 5.75 Å². The van der Waals surface area contributed by atoms with Crippen molar-refractivity contribution in [1.82, 2.24) is 4.90 Å². The molecule has 1 aliphatic heterocycles. The fraction of sp³-hybridized carbons (Fsp3) is 0.533. The predicted molar refractivity (Wildman–Crippen MR) is 77.2 cm³/mol. The van der Waals surface area contributed by atoms with Crippen LogP contribution >= 0.6 is 0 Å². The van der Waals surface area contributed by atoms with Gasteiger partial charge in [-0.1, -0.05) is 11.6 Å². The molecule has 0 saturated carbocycles. The van der Waals surface area contributed by atoms with E-state index in [1.165, 1.54) is 0 Å². The average Bonchev–Trinajstić information content (AvgIpc) is 2.43. The van der Waals surface area contributed by atoms with Crippen molar-refractivity contribution < 1.29 is 9.84 Å². The molecule has 4 heteroatoms. The lowest BCUT2D eigenvalue weighted by Crippen LogP contribution is -2.37. The Bertz CT molecular complexity index is 426. The molecule has 2 rings (SSSR count). The van der Waals surface area contributed by atoms with Gasteiger partial charge in [0.05, 0.1) is 13.2 Å². The number of phenolic OH excluding ortho intramolecular Hbond substituents is 1. The normalized spacial score (nSPS) is 17.1. The Kier molecular flexibility index (Phi) is 5.36. The van der Waals surface area contributed by atoms with Crippen molar-refractivity contribution in [3.05, 3.63) is 29.3 Å². The second kappa shape index (κ2) is 7.26. The number of nitrogens with zero attached hydrogens (tertiary/aromatic N) is 2. The summed E-state index contributed by atoms with van der Waals surface area (Å²) in [4.78, 5) is 6.79. The third-order valence-electron chi connectivity index (χ3n) is 3.28. The van der Waals surface area contributed by atoms with E-state index in [9.17, 15) is 5.11 Å². The van der Waals surface area contributed by atoms with Crippen molar-refractivity contribution in [3.63, 3.8) is 0 Å². The van der Waals surface area contributed by atoms with E-state index in [1.54, 1.807) is 12.3 Å². The first kappa shape index (κ1) is 14.0. The van der Waals surface area contributed by atoms with Crippen molar-refractivity contribution in [2.45, 2.75) is 13.3 Å². The third-order valence-corrected chi connectivity index (χ3v) is 3.28. The maximum absolute atomic E-state index is 9.68. The van der Waals surface area contributed by atoms with Gasteiger partial charge in [0.2, 0.25) is 0 Å². The summed E-state index contributed by atoms with van der Waals surface area (Å²) in [5.74, 6) is 0.294. The molecule has 4 nitrogen and oxygen atoms in total. The van der Waals surface area contributed by atoms with Gasteiger partial charge >= 0.3 is 0 Å². The van der Waals surface area contributed by atoms with Gasteiger partial charge in [0.15, 0.2) is 0 Å². The zero-order chi connectivity index (χ0) is 13.5. The molecule has 104 valence electrons. The lowest BCUT2D eigenvalue weighted by molar-refractivity contribution is 0.0377. The summed E-state index contributed by atoms with van der Waals surface area (Å²) >= 11 is 0. The Balaban J connectivity index is 1.72. The molecular formula is C15H22N2O2. The summed E-state index contributed by atoms with van der Waals surface area (Å²) < 4.78 is 5.31. The Morgan fingerprint density at radius 2 is 2.16 bits per heavy atom. The summed E-state index contributed by atoms with van der Waals surface area (Å²) in [6, 6.07) is 5.55. The van der Waals surface area contributed by atoms with Gasteiger partial charge in [-0.3, -0.25) is 9.89 Å². The topological polar surface area (TPSA) is 45.1 Å². The molecule has 0 aromatic heterocycles. The van der Waals surface area contributed by atoms with Gasteiger partial charge in [0.1, 0.15) is 5.75 Å². The molecule has 0 spiro atoms. The first-order valence-electron chi connectivity index (χ1n) is 6.85. The molecule has 1 fully saturated rings. The van der Waals surface area contributed by atoms with E-state index in [-0.39, 0.29) is 0 Å². The fourth-order valence-electron chi connectivity index (χ4n) is 2.15. The van der Waals surface area contributed by atoms with Gasteiger partial charge in [-0.15, -0.1) is 0 Å². The molecule has 0 unspecified atom stereocenters. The second-order valence-electron chi connectivity index (χ2n) is 4.91. The van der Waals surface area contributed by atoms with Crippen molar-refractivity contribution in [3.8, 4) is 5.75 Å². The highest BCUT2D eigenvalue weighted by atomic mass is 16.5. The zero-order valence-corrected chi connectivity index (χ0v) is 11.5. The first-order chi connectivity index (χ1) is 9.25. The largest absolute Gasteiger partial charge is 0.507 e. The number of benzene rings is 1. The standard InChI is InChI=1S/C15H22N2O2/c1-13-3-4-15(18)14(11-13)12-16-5-2-6-17-7-9-19-10-8-17/h3-4,11-12,18H,2,5-10H2,1H3. The minimum atomic E-state index is 0.294. The van der Waals surface area contributed by atoms with Crippen LogP contribution in [0.5, 0.6) is 5.75 Å². The van der Waals surface area contributed by atoms with Crippen LogP contribution in [0, 0.1) is 6.92 Å². The molecule has 1 aromatic carbocycles. The van der Waals surface area contributed by atoms with Crippen molar-refractivity contribution >= 4 is 6.21 Å². The van der Waals surface area contributed by atoms with E-state index in [1.807, 2.05) is 19.1 Å². The molecule has 19 heavy (non-hydrogen) atoms. The third kappa shape index (κ3) is 4.65. The fourth-order valence-corrected chi connectivity index (χ4v) is 2.15. The number of hydrogen-bond donors (Lipinski definition) is 1. The number of aliphatic imine (C=N–C) groups is 1. The number of ether oxygens (including phenoxy) is 1. The molecular weight excluding hydrogens is 240 g/mol. The number of phenols is 1. The maximum atomic E-state index is 9.68. The van der Waals surface area contributed by atoms with Crippen LogP contribution in [0.25, 0.3) is 0 Å². The van der Waals surface area contributed by atoms with Crippen LogP contribution in [0.2, 0.25) is 0 Å². The Morgan fingerprint density at radius 3 is 2.95 bits per heavy atom. The van der Waals surface area contributed by atoms with Crippen LogP contribution in [0.15, 0.2) is 23.2 Å². The van der Waals surface area contributed by atoms with Crippen molar-refractivity contribution in [2.75, 3.05) is 39.4 Å². The quantitative estimate of drug-likeness (QED) is 0.650. The molecule has 0 amide bonds. The van der Waals surface area contributed by atoms with Crippen molar-refractivity contribution in [2.24, 2.45) is 4.99 Å². The van der Waals surface area contributed by atoms with Gasteiger partial charge in [-0.05, 0) is 25.5 Å². The maximum Gasteiger partial charge on any atom is 0.124 e. The van der Waals surface area contributed by atoms with Crippen LogP contribution in [0.4, 0.5) is 0 Å². The summed E-state index contributed by atoms with van der Waals surface area (Å²) in [5.41, 5.74) is 1.93. The van der Waals surface area contributed by atoms with Gasteiger partial charge in [0, 0.05) is 38.0 Å². The minimum Gasteiger partial charge on any atom is -0.507 e. The monoisotopic (exact) mass is 262 g/mol. The second-order valence-corrected chi connectivity index (χ2v) is 4.91. The number of aryl methyl sites for hydroxylation is 1. The van der Waals surface area contributed by atoms with Crippen molar-refractivity contribution in [1.29, 1.82) is 0 Å². The molecule has 0 atom stereocenters. The van der Waals surface area contributed by atoms with Gasteiger partial charge < -0.3 is 9.84 Å². The predicted octanol–water partition coefficient (Wildman–Crippen LogP) is 1.84. The molecule has 1 saturated heterocycles. The Labute approximate surface area is 114 Å². The van der Waals surface area contributed by atoms with Crippen LogP contribution in [0.3, 0.4) is 0 Å². The zero-order valence-electron chi connectivity index (χ0n) is 11.5. The van der Waals surface area contributed by atoms with E-state index < -0.39 is 0 Å². The molecule has 1 heterocycles. The summed E-state index contributed by atoms with van der Waals surface area (Å²) in [6.07, 6.45) is 2.81. The van der Waals surface area contributed by atoms with Gasteiger partial charge in [-0.2, -0.15) is 0 Å². The van der Waals surface area contributed by atoms with E-state index in [2.05, 4.69) is 9.89 Å². The highest BCUT2D eigenvalue weighted by molar-refractivity contribution is 5.83. The van der Waals surface area contributed by atoms with Gasteiger partial charge in [-0.25, -0.2) is 0 Å². The van der Waals surface area contributed by atoms with Crippen LogP contribution in [0.1, 0.15) is 17.5 Å². The van der Waals surface area contributed by atoms with Crippen LogP contribution < -0.4 is 0 Å². The van der Waals surface area contributed by atoms with Crippen LogP contribution in [-0.2, 0) is 4.74 Å². The number of aromatic hydroxyl groups is 1. The molecule has 0 radical (unpaired) electrons. The smallest absolute Gasteiger partial charge is 0.124 e. The molecule has 1 aliphatic rings. The lowest BCUT2D eigenvalue weighted by Gasteiger charge is -2.26. The van der Waals surface area contributed by atoms with E-state index in [0.717, 1.165) is 56.9 Å². The molecule has 0 bridgehead atoms. The number of morpholine rings is 1. The summed E-state index contributed by atoms with van der Waals surface area (Å²) in [7, 11) is 0. The first-order valence-corrected chi connectivity index (χ1v) is 6.85. The van der Waals surface area contributed by atoms with Crippen LogP contribution in [-0.4, -0.2) is 55.6 Å². The average molecular weight is 262 g/mol. The highest BCUT2D eigenvalue weighted by Crippen LogP contribution is 2.15. The lowest BCUT2D eigenvalue weighted by atomic mass is 10.1. The van der Waals surface area contributed by atoms with E-state index >= 15 is 0 Å². The summed E-state index contributed by atoms with van der Waals surface area (Å²) in [6.45, 7) is 7.63. The number of hydrogen-bond acceptors (Lipinski definition) is 4. The number of rotatable bonds is 5. The molecule has 0 aliphatic carbocycles. The SMILES string of the molecule is Cc1ccc(O)c(C=NCCCN2CCOCC2)c1. The highest BCUT2D eigenvalue weighted by Gasteiger charge is 2.08. The molecule has 1 N–H and O–H groups in total. The van der Waals surface area contributed by atoms with Gasteiger partial charge in [0.25, 0.3) is 0 Å². The Hall–Kier alpha value is -1.39. The van der Waals surface area contributed by atoms with E-state index in [4.69, 9.17) is 4.74 Å². The minimum absolute atomic E-state index is 0.294. The molecule has 1 aromatic rings. The summed E-state index contributed by atoms with van der Waals surface area (Å²) in [5, 5.41) is 9.68. The Morgan fingerprint density at radius 1 is 1.37 bits per heavy atom.